The van der Waals surface area contributed by atoms with Crippen molar-refractivity contribution in [2.75, 3.05) is 56.6 Å². The molecule has 4 aliphatic rings. The third-order valence-corrected chi connectivity index (χ3v) is 17.6. The monoisotopic (exact) mass is 1050 g/mol. The van der Waals surface area contributed by atoms with Gasteiger partial charge in [0.15, 0.2) is 11.3 Å². The molecule has 7 aromatic rings. The highest BCUT2D eigenvalue weighted by molar-refractivity contribution is 7.90. The maximum absolute atomic E-state index is 14.1. The number of methoxy groups -OCH3 is 1. The largest absolute Gasteiger partial charge is 0.493 e. The second kappa shape index (κ2) is 20.1. The van der Waals surface area contributed by atoms with Gasteiger partial charge in [0, 0.05) is 98.1 Å². The Balaban J connectivity index is 0.794. The predicted molar refractivity (Wildman–Crippen MR) is 290 cm³/mol. The number of hydrogen-bond donors (Lipinski definition) is 4. The summed E-state index contributed by atoms with van der Waals surface area (Å²) < 4.78 is 47.9. The maximum Gasteiger partial charge on any atom is 0.312 e. The number of aromatic amines is 1. The summed E-state index contributed by atoms with van der Waals surface area (Å²) in [5, 5.41) is 27.4. The van der Waals surface area contributed by atoms with Gasteiger partial charge in [-0.1, -0.05) is 44.2 Å². The van der Waals surface area contributed by atoms with Gasteiger partial charge in [0.25, 0.3) is 15.9 Å². The number of anilines is 2. The summed E-state index contributed by atoms with van der Waals surface area (Å²) in [6.07, 6.45) is 9.06. The summed E-state index contributed by atoms with van der Waals surface area (Å²) in [5.41, 5.74) is 5.03. The number of sulfonamides is 1. The molecule has 398 valence electrons. The van der Waals surface area contributed by atoms with E-state index in [-0.39, 0.29) is 34.5 Å². The molecular weight excluding hydrogens is 987 g/mol. The number of nitro groups is 1. The zero-order valence-corrected chi connectivity index (χ0v) is 44.4. The normalized spacial score (nSPS) is 21.2. The first-order valence-corrected chi connectivity index (χ1v) is 27.7. The van der Waals surface area contributed by atoms with E-state index >= 15 is 0 Å². The van der Waals surface area contributed by atoms with Crippen molar-refractivity contribution in [3.63, 3.8) is 0 Å². The van der Waals surface area contributed by atoms with Gasteiger partial charge in [0.2, 0.25) is 5.82 Å². The number of nitrogens with one attached hydrogen (secondary N) is 3. The molecule has 18 nitrogen and oxygen atoms in total. The lowest BCUT2D eigenvalue weighted by Gasteiger charge is -2.63. The predicted octanol–water partition coefficient (Wildman–Crippen LogP) is 9.84. The number of benzene rings is 3. The lowest BCUT2D eigenvalue weighted by atomic mass is 9.59. The van der Waals surface area contributed by atoms with E-state index in [2.05, 4.69) is 89.9 Å². The number of piperazine rings is 1. The summed E-state index contributed by atoms with van der Waals surface area (Å²) in [7, 11) is -2.98. The number of rotatable bonds is 16. The van der Waals surface area contributed by atoms with Gasteiger partial charge in [-0.3, -0.25) is 24.7 Å². The van der Waals surface area contributed by atoms with E-state index < -0.39 is 37.0 Å². The number of nitrogens with zero attached hydrogens (tertiary/aromatic N) is 6. The molecule has 4 fully saturated rings. The van der Waals surface area contributed by atoms with Gasteiger partial charge in [-0.25, -0.2) is 23.1 Å². The van der Waals surface area contributed by atoms with E-state index in [1.54, 1.807) is 44.5 Å². The van der Waals surface area contributed by atoms with Crippen molar-refractivity contribution in [1.82, 2.24) is 29.5 Å². The number of ether oxygens (including phenoxy) is 2. The molecule has 1 amide bonds. The molecule has 4 N–H and O–H groups in total. The summed E-state index contributed by atoms with van der Waals surface area (Å²) in [4.78, 5) is 44.3. The Kier molecular flexibility index (Phi) is 13.5. The standard InChI is InChI=1S/C57H65N9O9S/c1-35(2)44-8-6-7-9-45(44)49-32-63(31-39-10-13-50(73-5)52-47(39)22-36(3)74-52)20-21-65(49)41-26-57(27-41)33-64(34-57)40-11-12-46(51(24-40)75-42-23-38-16-19-58-53(38)60-29-42)55(67)62-76(71,72)43-25-48(66(69)70)54(61-30-43)59-28-37-14-17-56(4,68)18-15-37/h6-13,16,19,22-25,29-30,35,37,41,49,68H,14-15,17-18,20-21,26-28,31-34H2,1-5H3,(H,58,60)(H,59,61)(H,62,67)/t37?,49-,56?/m0/s1. The van der Waals surface area contributed by atoms with Crippen LogP contribution in [-0.4, -0.2) is 107 Å². The molecule has 0 radical (unpaired) electrons. The fourth-order valence-electron chi connectivity index (χ4n) is 12.2. The van der Waals surface area contributed by atoms with Crippen molar-refractivity contribution in [2.24, 2.45) is 11.3 Å². The van der Waals surface area contributed by atoms with Crippen LogP contribution < -0.4 is 24.4 Å². The average molecular weight is 1050 g/mol. The highest BCUT2D eigenvalue weighted by atomic mass is 32.2. The minimum Gasteiger partial charge on any atom is -0.493 e. The van der Waals surface area contributed by atoms with Crippen LogP contribution in [0.25, 0.3) is 22.0 Å². The molecule has 1 atom stereocenters. The Labute approximate surface area is 442 Å². The molecule has 0 bridgehead atoms. The second-order valence-corrected chi connectivity index (χ2v) is 23.8. The highest BCUT2D eigenvalue weighted by Crippen LogP contribution is 2.54. The lowest BCUT2D eigenvalue weighted by molar-refractivity contribution is -0.384. The van der Waals surface area contributed by atoms with Gasteiger partial charge in [0.1, 0.15) is 27.8 Å². The number of pyridine rings is 2. The second-order valence-electron chi connectivity index (χ2n) is 22.1. The number of hydrogen-bond acceptors (Lipinski definition) is 15. The molecule has 0 unspecified atom stereocenters. The number of fused-ring (bicyclic) bond motifs is 2. The van der Waals surface area contributed by atoms with Crippen LogP contribution in [0, 0.1) is 28.4 Å². The SMILES string of the molecule is COc1ccc(CN2CCN(C3CC4(C3)CN(c3ccc(C(=O)NS(=O)(=O)c5cnc(NCC6CCC(C)(O)CC6)c([N+](=O)[O-])c5)c(Oc5cnc6[nH]ccc6c5)c3)C4)[C@H](c3ccccc3C(C)C)C2)c2cc(C)oc12. The Morgan fingerprint density at radius 2 is 1.79 bits per heavy atom. The molecule has 6 heterocycles. The first-order chi connectivity index (χ1) is 36.4. The molecule has 2 aliphatic heterocycles. The molecule has 2 aliphatic carbocycles. The number of H-pyrrole nitrogens is 1. The van der Waals surface area contributed by atoms with Crippen molar-refractivity contribution >= 4 is 55.1 Å². The van der Waals surface area contributed by atoms with Gasteiger partial charge in [-0.2, -0.15) is 0 Å². The Morgan fingerprint density at radius 1 is 1.00 bits per heavy atom. The van der Waals surface area contributed by atoms with Gasteiger partial charge < -0.3 is 34.2 Å². The van der Waals surface area contributed by atoms with Crippen LogP contribution in [0.4, 0.5) is 17.2 Å². The van der Waals surface area contributed by atoms with Gasteiger partial charge in [0.05, 0.1) is 35.6 Å². The first kappa shape index (κ1) is 51.1. The van der Waals surface area contributed by atoms with E-state index in [1.807, 2.05) is 19.1 Å². The third-order valence-electron chi connectivity index (χ3n) is 16.3. The van der Waals surface area contributed by atoms with Crippen LogP contribution in [0.5, 0.6) is 17.2 Å². The molecule has 2 saturated carbocycles. The number of furan rings is 1. The quantitative estimate of drug-likeness (QED) is 0.0522. The van der Waals surface area contributed by atoms with Crippen molar-refractivity contribution in [3.05, 3.63) is 136 Å². The molecule has 76 heavy (non-hydrogen) atoms. The fraction of sp³-hybridized carbons (Fsp3) is 0.421. The number of carbonyl (C=O) groups excluding carboxylic acids is 1. The van der Waals surface area contributed by atoms with E-state index in [9.17, 15) is 28.4 Å². The number of aliphatic hydroxyl groups is 1. The summed E-state index contributed by atoms with van der Waals surface area (Å²) >= 11 is 0. The van der Waals surface area contributed by atoms with Crippen LogP contribution in [0.15, 0.2) is 107 Å². The van der Waals surface area contributed by atoms with E-state index in [4.69, 9.17) is 13.9 Å². The fourth-order valence-corrected chi connectivity index (χ4v) is 13.1. The van der Waals surface area contributed by atoms with Crippen LogP contribution in [0.2, 0.25) is 0 Å². The smallest absolute Gasteiger partial charge is 0.312 e. The van der Waals surface area contributed by atoms with E-state index in [0.29, 0.717) is 42.7 Å². The summed E-state index contributed by atoms with van der Waals surface area (Å²) in [6.45, 7) is 13.9. The number of amides is 1. The average Bonchev–Trinajstić information content (AvgIpc) is 4.06. The maximum atomic E-state index is 14.1. The number of aryl methyl sites for hydroxylation is 1. The molecule has 19 heteroatoms. The van der Waals surface area contributed by atoms with Crippen molar-refractivity contribution in [1.29, 1.82) is 0 Å². The van der Waals surface area contributed by atoms with Crippen LogP contribution in [-0.2, 0) is 16.6 Å². The summed E-state index contributed by atoms with van der Waals surface area (Å²) in [6, 6.07) is 25.4. The van der Waals surface area contributed by atoms with Crippen molar-refractivity contribution in [3.8, 4) is 17.2 Å². The van der Waals surface area contributed by atoms with E-state index in [1.165, 1.54) is 22.9 Å². The number of aromatic nitrogens is 3. The molecule has 3 aromatic carbocycles. The summed E-state index contributed by atoms with van der Waals surface area (Å²) in [5.74, 6) is 1.52. The first-order valence-electron chi connectivity index (χ1n) is 26.2. The molecular formula is C57H65N9O9S. The number of carbonyl (C=O) groups is 1. The van der Waals surface area contributed by atoms with Gasteiger partial charge >= 0.3 is 5.69 Å². The Hall–Kier alpha value is -7.06. The molecule has 4 aromatic heterocycles. The minimum atomic E-state index is -4.66. The Bertz CT molecular complexity index is 3440. The van der Waals surface area contributed by atoms with Crippen molar-refractivity contribution in [2.45, 2.75) is 101 Å². The topological polar surface area (TPSA) is 222 Å². The highest BCUT2D eigenvalue weighted by Gasteiger charge is 2.55. The third kappa shape index (κ3) is 10.2. The Morgan fingerprint density at radius 3 is 2.55 bits per heavy atom. The molecule has 11 rings (SSSR count). The van der Waals surface area contributed by atoms with Gasteiger partial charge in [-0.05, 0) is 117 Å². The van der Waals surface area contributed by atoms with E-state index in [0.717, 1.165) is 111 Å². The van der Waals surface area contributed by atoms with Crippen LogP contribution in [0.1, 0.15) is 104 Å². The van der Waals surface area contributed by atoms with Gasteiger partial charge in [-0.15, -0.1) is 0 Å². The lowest BCUT2D eigenvalue weighted by Crippen LogP contribution is -2.68. The minimum absolute atomic E-state index is 0.0595. The zero-order chi connectivity index (χ0) is 53.1. The van der Waals surface area contributed by atoms with Crippen molar-refractivity contribution < 1.29 is 37.1 Å². The van der Waals surface area contributed by atoms with Crippen LogP contribution in [0.3, 0.4) is 0 Å². The molecule has 1 spiro atoms. The van der Waals surface area contributed by atoms with Crippen LogP contribution >= 0.6 is 0 Å². The zero-order valence-electron chi connectivity index (χ0n) is 43.5. The molecule has 2 saturated heterocycles.